The molecule has 0 atom stereocenters. The second-order valence-corrected chi connectivity index (χ2v) is 3.74. The Hall–Kier alpha value is -2.13. The average molecular weight is 258 g/mol. The van der Waals surface area contributed by atoms with Crippen LogP contribution in [0.25, 0.3) is 10.9 Å². The van der Waals surface area contributed by atoms with Gasteiger partial charge in [-0.05, 0) is 18.2 Å². The lowest BCUT2D eigenvalue weighted by molar-refractivity contribution is 1.21. The summed E-state index contributed by atoms with van der Waals surface area (Å²) >= 11 is 0. The molecule has 0 aliphatic rings. The minimum atomic E-state index is 0. The van der Waals surface area contributed by atoms with Gasteiger partial charge in [-0.2, -0.15) is 0 Å². The van der Waals surface area contributed by atoms with Gasteiger partial charge < -0.3 is 5.32 Å². The monoisotopic (exact) mass is 257 g/mol. The fraction of sp³-hybridized carbons (Fsp3) is 0. The molecule has 90 valence electrons. The summed E-state index contributed by atoms with van der Waals surface area (Å²) in [5.74, 6) is 0.620. The maximum Gasteiger partial charge on any atom is 0.227 e. The van der Waals surface area contributed by atoms with Gasteiger partial charge in [0.1, 0.15) is 0 Å². The van der Waals surface area contributed by atoms with E-state index in [1.165, 1.54) is 0 Å². The summed E-state index contributed by atoms with van der Waals surface area (Å²) < 4.78 is 0. The van der Waals surface area contributed by atoms with Gasteiger partial charge in [-0.25, -0.2) is 9.97 Å². The third-order valence-electron chi connectivity index (χ3n) is 2.52. The predicted octanol–water partition coefficient (Wildman–Crippen LogP) is 3.80. The summed E-state index contributed by atoms with van der Waals surface area (Å²) in [6.07, 6.45) is 1.83. The maximum absolute atomic E-state index is 4.45. The molecule has 3 rings (SSSR count). The van der Waals surface area contributed by atoms with Crippen molar-refractivity contribution in [2.45, 2.75) is 0 Å². The molecule has 0 unspecified atom stereocenters. The van der Waals surface area contributed by atoms with Crippen molar-refractivity contribution in [2.75, 3.05) is 5.32 Å². The molecule has 4 heteroatoms. The molecular formula is C14H12ClN3. The molecule has 0 bridgehead atoms. The number of fused-ring (bicyclic) bond motifs is 1. The van der Waals surface area contributed by atoms with Crippen LogP contribution in [0.2, 0.25) is 0 Å². The van der Waals surface area contributed by atoms with E-state index in [0.717, 1.165) is 16.6 Å². The van der Waals surface area contributed by atoms with Crippen LogP contribution < -0.4 is 5.32 Å². The van der Waals surface area contributed by atoms with E-state index in [0.29, 0.717) is 5.95 Å². The van der Waals surface area contributed by atoms with E-state index in [1.807, 2.05) is 60.8 Å². The number of hydrogen-bond acceptors (Lipinski definition) is 3. The number of hydrogen-bond donors (Lipinski definition) is 1. The highest BCUT2D eigenvalue weighted by molar-refractivity contribution is 5.85. The van der Waals surface area contributed by atoms with Gasteiger partial charge in [0, 0.05) is 17.3 Å². The van der Waals surface area contributed by atoms with Crippen molar-refractivity contribution in [2.24, 2.45) is 0 Å². The minimum Gasteiger partial charge on any atom is -0.324 e. The summed E-state index contributed by atoms with van der Waals surface area (Å²) in [6.45, 7) is 0. The number of para-hydroxylation sites is 2. The smallest absolute Gasteiger partial charge is 0.227 e. The summed E-state index contributed by atoms with van der Waals surface area (Å²) in [5.41, 5.74) is 1.93. The van der Waals surface area contributed by atoms with Crippen molar-refractivity contribution in [3.8, 4) is 0 Å². The van der Waals surface area contributed by atoms with Crippen molar-refractivity contribution in [1.29, 1.82) is 0 Å². The Bertz CT molecular complexity index is 641. The lowest BCUT2D eigenvalue weighted by atomic mass is 10.2. The molecule has 1 aromatic heterocycles. The quantitative estimate of drug-likeness (QED) is 0.759. The van der Waals surface area contributed by atoms with Gasteiger partial charge >= 0.3 is 0 Å². The Labute approximate surface area is 111 Å². The molecule has 0 aliphatic heterocycles. The topological polar surface area (TPSA) is 37.8 Å². The van der Waals surface area contributed by atoms with E-state index in [-0.39, 0.29) is 12.4 Å². The molecule has 0 aliphatic carbocycles. The van der Waals surface area contributed by atoms with E-state index in [2.05, 4.69) is 15.3 Å². The van der Waals surface area contributed by atoms with Gasteiger partial charge in [-0.15, -0.1) is 12.4 Å². The summed E-state index contributed by atoms with van der Waals surface area (Å²) in [5, 5.41) is 4.22. The van der Waals surface area contributed by atoms with E-state index in [1.54, 1.807) is 0 Å². The highest BCUT2D eigenvalue weighted by atomic mass is 35.5. The van der Waals surface area contributed by atoms with Crippen LogP contribution in [0.5, 0.6) is 0 Å². The van der Waals surface area contributed by atoms with Crippen molar-refractivity contribution >= 4 is 34.9 Å². The summed E-state index contributed by atoms with van der Waals surface area (Å²) in [4.78, 5) is 8.73. The van der Waals surface area contributed by atoms with Gasteiger partial charge in [0.05, 0.1) is 5.52 Å². The average Bonchev–Trinajstić information content (AvgIpc) is 2.40. The van der Waals surface area contributed by atoms with Crippen molar-refractivity contribution in [1.82, 2.24) is 9.97 Å². The zero-order chi connectivity index (χ0) is 11.5. The number of nitrogens with zero attached hydrogens (tertiary/aromatic N) is 2. The van der Waals surface area contributed by atoms with Crippen LogP contribution in [0.15, 0.2) is 60.8 Å². The second kappa shape index (κ2) is 5.47. The number of rotatable bonds is 2. The summed E-state index contributed by atoms with van der Waals surface area (Å²) in [6, 6.07) is 17.8. The first-order valence-corrected chi connectivity index (χ1v) is 5.46. The molecule has 0 saturated carbocycles. The fourth-order valence-corrected chi connectivity index (χ4v) is 1.68. The van der Waals surface area contributed by atoms with Crippen molar-refractivity contribution in [3.63, 3.8) is 0 Å². The van der Waals surface area contributed by atoms with Crippen LogP contribution in [-0.2, 0) is 0 Å². The second-order valence-electron chi connectivity index (χ2n) is 3.74. The number of benzene rings is 2. The van der Waals surface area contributed by atoms with E-state index < -0.39 is 0 Å². The fourth-order valence-electron chi connectivity index (χ4n) is 1.68. The molecule has 0 radical (unpaired) electrons. The van der Waals surface area contributed by atoms with Gasteiger partial charge in [0.15, 0.2) is 0 Å². The number of aromatic nitrogens is 2. The molecule has 3 nitrogen and oxygen atoms in total. The summed E-state index contributed by atoms with van der Waals surface area (Å²) in [7, 11) is 0. The van der Waals surface area contributed by atoms with E-state index in [4.69, 9.17) is 0 Å². The van der Waals surface area contributed by atoms with Crippen molar-refractivity contribution in [3.05, 3.63) is 60.8 Å². The van der Waals surface area contributed by atoms with Gasteiger partial charge in [-0.1, -0.05) is 36.4 Å². The lowest BCUT2D eigenvalue weighted by Crippen LogP contribution is -1.96. The van der Waals surface area contributed by atoms with Crippen LogP contribution in [0.1, 0.15) is 0 Å². The van der Waals surface area contributed by atoms with E-state index in [9.17, 15) is 0 Å². The molecule has 0 fully saturated rings. The zero-order valence-electron chi connectivity index (χ0n) is 9.58. The zero-order valence-corrected chi connectivity index (χ0v) is 10.4. The first kappa shape index (κ1) is 12.3. The predicted molar refractivity (Wildman–Crippen MR) is 76.5 cm³/mol. The molecule has 1 N–H and O–H groups in total. The van der Waals surface area contributed by atoms with Crippen LogP contribution in [-0.4, -0.2) is 9.97 Å². The van der Waals surface area contributed by atoms with Gasteiger partial charge in [0.2, 0.25) is 5.95 Å². The van der Waals surface area contributed by atoms with E-state index >= 15 is 0 Å². The highest BCUT2D eigenvalue weighted by Gasteiger charge is 1.99. The van der Waals surface area contributed by atoms with Crippen LogP contribution in [0.4, 0.5) is 11.6 Å². The van der Waals surface area contributed by atoms with Crippen LogP contribution in [0.3, 0.4) is 0 Å². The largest absolute Gasteiger partial charge is 0.324 e. The lowest BCUT2D eigenvalue weighted by Gasteiger charge is -2.04. The number of nitrogens with one attached hydrogen (secondary N) is 1. The molecule has 0 spiro atoms. The first-order valence-electron chi connectivity index (χ1n) is 5.46. The molecule has 3 aromatic rings. The molecule has 1 heterocycles. The van der Waals surface area contributed by atoms with Gasteiger partial charge in [0.25, 0.3) is 0 Å². The number of anilines is 2. The van der Waals surface area contributed by atoms with Crippen LogP contribution >= 0.6 is 12.4 Å². The molecule has 0 saturated heterocycles. The highest BCUT2D eigenvalue weighted by Crippen LogP contribution is 2.15. The third kappa shape index (κ3) is 2.57. The Morgan fingerprint density at radius 3 is 2.39 bits per heavy atom. The standard InChI is InChI=1S/C14H11N3.ClH/c1-2-7-12(8-3-1)16-14-15-10-11-6-4-5-9-13(11)17-14;/h1-10H,(H,15,16,17);1H. The molecule has 0 amide bonds. The maximum atomic E-state index is 4.45. The molecule has 18 heavy (non-hydrogen) atoms. The Kier molecular flexibility index (Phi) is 3.75. The first-order chi connectivity index (χ1) is 8.42. The van der Waals surface area contributed by atoms with Crippen LogP contribution in [0, 0.1) is 0 Å². The Morgan fingerprint density at radius 2 is 1.56 bits per heavy atom. The number of halogens is 1. The van der Waals surface area contributed by atoms with Gasteiger partial charge in [-0.3, -0.25) is 0 Å². The third-order valence-corrected chi connectivity index (χ3v) is 2.52. The van der Waals surface area contributed by atoms with Crippen molar-refractivity contribution < 1.29 is 0 Å². The molecule has 2 aromatic carbocycles. The SMILES string of the molecule is Cl.c1ccc(Nc2ncc3ccccc3n2)cc1. The Morgan fingerprint density at radius 1 is 0.833 bits per heavy atom. The Balaban J connectivity index is 0.00000120. The normalized spacial score (nSPS) is 9.78. The minimum absolute atomic E-state index is 0. The molecular weight excluding hydrogens is 246 g/mol.